The second kappa shape index (κ2) is 7.95. The SMILES string of the molecule is CN(CC(=O)Nc1ccc(Cl)c(C(F)(F)F)c1)C(=O)C1=NN(C)C(=O)CC1. The van der Waals surface area contributed by atoms with E-state index in [0.29, 0.717) is 6.07 Å². The van der Waals surface area contributed by atoms with Gasteiger partial charge in [0.05, 0.1) is 17.1 Å². The maximum absolute atomic E-state index is 12.9. The van der Waals surface area contributed by atoms with Gasteiger partial charge in [-0.2, -0.15) is 18.3 Å². The van der Waals surface area contributed by atoms with Gasteiger partial charge in [0.25, 0.3) is 5.91 Å². The fraction of sp³-hybridized carbons (Fsp3) is 0.375. The first-order chi connectivity index (χ1) is 12.5. The molecule has 1 aliphatic rings. The van der Waals surface area contributed by atoms with E-state index in [0.717, 1.165) is 16.0 Å². The van der Waals surface area contributed by atoms with Crippen molar-refractivity contribution in [3.63, 3.8) is 0 Å². The van der Waals surface area contributed by atoms with Crippen molar-refractivity contribution >= 4 is 40.7 Å². The molecule has 0 radical (unpaired) electrons. The van der Waals surface area contributed by atoms with Crippen LogP contribution in [0.4, 0.5) is 18.9 Å². The molecule has 11 heteroatoms. The second-order valence-corrected chi connectivity index (χ2v) is 6.27. The van der Waals surface area contributed by atoms with Gasteiger partial charge in [0.1, 0.15) is 5.71 Å². The van der Waals surface area contributed by atoms with Crippen molar-refractivity contribution in [3.8, 4) is 0 Å². The third-order valence-electron chi connectivity index (χ3n) is 3.74. The third kappa shape index (κ3) is 5.19. The van der Waals surface area contributed by atoms with Gasteiger partial charge in [-0.1, -0.05) is 11.6 Å². The molecule has 0 spiro atoms. The summed E-state index contributed by atoms with van der Waals surface area (Å²) in [5.41, 5.74) is -1.05. The average molecular weight is 405 g/mol. The number of alkyl halides is 3. The molecule has 1 heterocycles. The van der Waals surface area contributed by atoms with Gasteiger partial charge in [-0.15, -0.1) is 0 Å². The van der Waals surface area contributed by atoms with E-state index in [-0.39, 0.29) is 30.1 Å². The molecule has 2 rings (SSSR count). The van der Waals surface area contributed by atoms with Crippen molar-refractivity contribution in [3.05, 3.63) is 28.8 Å². The molecule has 0 atom stereocenters. The summed E-state index contributed by atoms with van der Waals surface area (Å²) >= 11 is 5.52. The maximum atomic E-state index is 12.9. The number of hydrogen-bond donors (Lipinski definition) is 1. The van der Waals surface area contributed by atoms with Gasteiger partial charge >= 0.3 is 6.18 Å². The van der Waals surface area contributed by atoms with Crippen molar-refractivity contribution in [2.24, 2.45) is 5.10 Å². The van der Waals surface area contributed by atoms with Crippen molar-refractivity contribution < 1.29 is 27.6 Å². The Morgan fingerprint density at radius 1 is 1.33 bits per heavy atom. The van der Waals surface area contributed by atoms with E-state index in [9.17, 15) is 27.6 Å². The molecule has 0 saturated heterocycles. The normalized spacial score (nSPS) is 14.7. The summed E-state index contributed by atoms with van der Waals surface area (Å²) in [6.07, 6.45) is -4.38. The molecular formula is C16H16ClF3N4O3. The first-order valence-corrected chi connectivity index (χ1v) is 8.13. The Hall–Kier alpha value is -2.62. The maximum Gasteiger partial charge on any atom is 0.417 e. The van der Waals surface area contributed by atoms with E-state index in [1.54, 1.807) is 0 Å². The molecule has 1 aromatic rings. The summed E-state index contributed by atoms with van der Waals surface area (Å²) in [6, 6.07) is 2.97. The largest absolute Gasteiger partial charge is 0.417 e. The molecule has 1 aromatic carbocycles. The Balaban J connectivity index is 2.02. The number of carbonyl (C=O) groups is 3. The topological polar surface area (TPSA) is 82.1 Å². The molecule has 0 saturated carbocycles. The molecule has 146 valence electrons. The highest BCUT2D eigenvalue weighted by Gasteiger charge is 2.33. The Morgan fingerprint density at radius 3 is 2.59 bits per heavy atom. The van der Waals surface area contributed by atoms with Crippen molar-refractivity contribution in [1.82, 2.24) is 9.91 Å². The lowest BCUT2D eigenvalue weighted by molar-refractivity contribution is -0.137. The van der Waals surface area contributed by atoms with E-state index in [2.05, 4.69) is 10.4 Å². The summed E-state index contributed by atoms with van der Waals surface area (Å²) in [4.78, 5) is 36.8. The van der Waals surface area contributed by atoms with E-state index in [1.807, 2.05) is 0 Å². The molecule has 7 nitrogen and oxygen atoms in total. The molecule has 1 N–H and O–H groups in total. The zero-order chi connectivity index (χ0) is 20.4. The van der Waals surface area contributed by atoms with Crippen molar-refractivity contribution in [2.45, 2.75) is 19.0 Å². The molecule has 0 bridgehead atoms. The number of nitrogens with zero attached hydrogens (tertiary/aromatic N) is 3. The van der Waals surface area contributed by atoms with Crippen LogP contribution in [0.15, 0.2) is 23.3 Å². The first kappa shape index (κ1) is 20.7. The minimum Gasteiger partial charge on any atom is -0.331 e. The van der Waals surface area contributed by atoms with Gasteiger partial charge in [-0.25, -0.2) is 5.01 Å². The van der Waals surface area contributed by atoms with Gasteiger partial charge < -0.3 is 10.2 Å². The molecular weight excluding hydrogens is 389 g/mol. The monoisotopic (exact) mass is 404 g/mol. The summed E-state index contributed by atoms with van der Waals surface area (Å²) in [6.45, 7) is -0.403. The number of hydrazone groups is 1. The van der Waals surface area contributed by atoms with Crippen LogP contribution in [0.25, 0.3) is 0 Å². The summed E-state index contributed by atoms with van der Waals surface area (Å²) in [5, 5.41) is 6.72. The van der Waals surface area contributed by atoms with Gasteiger partial charge in [0, 0.05) is 32.6 Å². The zero-order valence-electron chi connectivity index (χ0n) is 14.4. The van der Waals surface area contributed by atoms with Gasteiger partial charge in [-0.3, -0.25) is 14.4 Å². The van der Waals surface area contributed by atoms with Crippen molar-refractivity contribution in [2.75, 3.05) is 26.0 Å². The lowest BCUT2D eigenvalue weighted by atomic mass is 10.1. The van der Waals surface area contributed by atoms with Crippen LogP contribution in [0.2, 0.25) is 5.02 Å². The average Bonchev–Trinajstić information content (AvgIpc) is 2.57. The van der Waals surface area contributed by atoms with Crippen LogP contribution in [-0.4, -0.2) is 54.0 Å². The molecule has 27 heavy (non-hydrogen) atoms. The second-order valence-electron chi connectivity index (χ2n) is 5.87. The molecule has 0 fully saturated rings. The van der Waals surface area contributed by atoms with E-state index in [1.165, 1.54) is 20.2 Å². The molecule has 0 aromatic heterocycles. The fourth-order valence-corrected chi connectivity index (χ4v) is 2.58. The number of carbonyl (C=O) groups excluding carboxylic acids is 3. The minimum atomic E-state index is -4.66. The molecule has 0 aliphatic carbocycles. The number of anilines is 1. The Labute approximate surface area is 157 Å². The third-order valence-corrected chi connectivity index (χ3v) is 4.07. The Morgan fingerprint density at radius 2 is 2.00 bits per heavy atom. The lowest BCUT2D eigenvalue weighted by Gasteiger charge is -2.22. The molecule has 3 amide bonds. The quantitative estimate of drug-likeness (QED) is 0.836. The van der Waals surface area contributed by atoms with Crippen LogP contribution < -0.4 is 5.32 Å². The fourth-order valence-electron chi connectivity index (χ4n) is 2.35. The Kier molecular flexibility index (Phi) is 6.09. The van der Waals surface area contributed by atoms with E-state index in [4.69, 9.17) is 11.6 Å². The van der Waals surface area contributed by atoms with Crippen LogP contribution in [0.3, 0.4) is 0 Å². The first-order valence-electron chi connectivity index (χ1n) is 7.75. The van der Waals surface area contributed by atoms with Crippen LogP contribution >= 0.6 is 11.6 Å². The summed E-state index contributed by atoms with van der Waals surface area (Å²) in [5.74, 6) is -1.46. The number of hydrogen-bond acceptors (Lipinski definition) is 4. The van der Waals surface area contributed by atoms with Gasteiger partial charge in [0.2, 0.25) is 11.8 Å². The minimum absolute atomic E-state index is 0.0992. The number of likely N-dealkylation sites (N-methyl/N-ethyl adjacent to an activating group) is 1. The predicted molar refractivity (Wildman–Crippen MR) is 92.2 cm³/mol. The number of halogens is 4. The number of amides is 3. The highest BCUT2D eigenvalue weighted by Crippen LogP contribution is 2.36. The number of benzene rings is 1. The number of rotatable bonds is 4. The van der Waals surface area contributed by atoms with Crippen LogP contribution in [0.5, 0.6) is 0 Å². The zero-order valence-corrected chi connectivity index (χ0v) is 15.2. The number of nitrogens with one attached hydrogen (secondary N) is 1. The van der Waals surface area contributed by atoms with Crippen LogP contribution in [0, 0.1) is 0 Å². The smallest absolute Gasteiger partial charge is 0.331 e. The highest BCUT2D eigenvalue weighted by molar-refractivity contribution is 6.39. The van der Waals surface area contributed by atoms with E-state index >= 15 is 0 Å². The van der Waals surface area contributed by atoms with Crippen molar-refractivity contribution in [1.29, 1.82) is 0 Å². The van der Waals surface area contributed by atoms with Gasteiger partial charge in [0.15, 0.2) is 0 Å². The molecule has 1 aliphatic heterocycles. The highest BCUT2D eigenvalue weighted by atomic mass is 35.5. The lowest BCUT2D eigenvalue weighted by Crippen LogP contribution is -2.41. The standard InChI is InChI=1S/C16H16ClF3N4O3/c1-23(15(27)12-5-6-14(26)24(2)22-12)8-13(25)21-9-3-4-11(17)10(7-9)16(18,19)20/h3-4,7H,5-6,8H2,1-2H3,(H,21,25). The Bertz CT molecular complexity index is 811. The predicted octanol–water partition coefficient (Wildman–Crippen LogP) is 2.36. The summed E-state index contributed by atoms with van der Waals surface area (Å²) in [7, 11) is 2.77. The molecule has 0 unspecified atom stereocenters. The van der Waals surface area contributed by atoms with Crippen LogP contribution in [0.1, 0.15) is 18.4 Å². The van der Waals surface area contributed by atoms with E-state index < -0.39 is 35.1 Å². The summed E-state index contributed by atoms with van der Waals surface area (Å²) < 4.78 is 38.6. The van der Waals surface area contributed by atoms with Crippen LogP contribution in [-0.2, 0) is 20.6 Å². The van der Waals surface area contributed by atoms with Gasteiger partial charge in [-0.05, 0) is 18.2 Å².